The average molecular weight is 1220 g/mol. The highest BCUT2D eigenvalue weighted by molar-refractivity contribution is 8.76. The van der Waals surface area contributed by atoms with Gasteiger partial charge in [-0.2, -0.15) is 0 Å². The van der Waals surface area contributed by atoms with Crippen molar-refractivity contribution in [3.05, 3.63) is 118 Å². The first kappa shape index (κ1) is 59.8. The molecule has 5 aliphatic heterocycles. The number of imide groups is 1. The van der Waals surface area contributed by atoms with E-state index in [1.54, 1.807) is 10.8 Å². The van der Waals surface area contributed by atoms with Gasteiger partial charge in [0, 0.05) is 73.2 Å². The molecule has 13 nitrogen and oxygen atoms in total. The van der Waals surface area contributed by atoms with Crippen molar-refractivity contribution >= 4 is 45.3 Å². The number of hydrogen-bond acceptors (Lipinski definition) is 14. The van der Waals surface area contributed by atoms with Gasteiger partial charge >= 0.3 is 11.9 Å². The van der Waals surface area contributed by atoms with Crippen molar-refractivity contribution in [2.75, 3.05) is 25.6 Å². The van der Waals surface area contributed by atoms with Gasteiger partial charge in [0.15, 0.2) is 0 Å². The Morgan fingerprint density at radius 3 is 2.49 bits per heavy atom. The van der Waals surface area contributed by atoms with Gasteiger partial charge in [-0.15, -0.1) is 5.92 Å². The van der Waals surface area contributed by atoms with E-state index in [1.165, 1.54) is 29.9 Å². The fourth-order valence-electron chi connectivity index (χ4n) is 20.0. The van der Waals surface area contributed by atoms with E-state index in [-0.39, 0.29) is 101 Å². The Morgan fingerprint density at radius 1 is 0.851 bits per heavy atom. The van der Waals surface area contributed by atoms with Gasteiger partial charge in [-0.3, -0.25) is 19.8 Å². The first-order chi connectivity index (χ1) is 42.4. The number of hydrogen-bond donors (Lipinski definition) is 6. The number of aliphatic hydroxyl groups is 3. The monoisotopic (exact) mass is 1220 g/mol. The summed E-state index contributed by atoms with van der Waals surface area (Å²) in [6.07, 6.45) is 31.5. The standard InChI is InChI=1S/C72H90N4O9S2/c1-2-71(29-8-9-30-71)38-58-54-21-20-52-51-27-31-72(65(52)64(54)69(82)84-58)59-24-22-53(49-19-17-43-33-44(40-77)35-48(15-10-14-46(49)34-43)57(78)36-42-11-4-3-5-12-42)68(75-56-23-18-45-13-6-7-16-50(45)67(56)81)87-86-41-74-60-37-47(28-32-73-60)55(63(51)66(72)70(83)85-59)39-76-61(79)25-26-62(76)80/h3-5,11-12,24-26,28,37-38,43-46,48-53,55-57,65,67-68,73-75,77-78,81H,2,6-9,13-14,16-23,27,29-36,39-41H2,1H3. The minimum atomic E-state index is -1.01. The summed E-state index contributed by atoms with van der Waals surface area (Å²) in [5.41, 5.74) is 4.22. The van der Waals surface area contributed by atoms with Crippen molar-refractivity contribution in [2.24, 2.45) is 81.8 Å². The third-order valence-corrected chi connectivity index (χ3v) is 26.7. The summed E-state index contributed by atoms with van der Waals surface area (Å²) in [7, 11) is 3.61. The SMILES string of the molecule is CCC1(C=C2OC(=O)C3=C2CCC2C4CCC5(C6=CCC(C7CCC8CC(CO)CC(C(O)Cc9ccccc9)C#CCC7C8)C(NC7CCC8CCCCC8C7O)SSCNC7=CC(=CCN7)C(CN7C(=O)C=CC7=O)C4=C5C(=O)O6)C32)CCCC1. The molecule has 0 radical (unpaired) electrons. The lowest BCUT2D eigenvalue weighted by molar-refractivity contribution is -0.138. The molecule has 464 valence electrons. The molecule has 5 saturated carbocycles. The highest BCUT2D eigenvalue weighted by atomic mass is 33.1. The van der Waals surface area contributed by atoms with Crippen molar-refractivity contribution in [3.63, 3.8) is 0 Å². The summed E-state index contributed by atoms with van der Waals surface area (Å²) in [5, 5.41) is 46.9. The van der Waals surface area contributed by atoms with Crippen LogP contribution in [0.1, 0.15) is 154 Å². The van der Waals surface area contributed by atoms with Crippen molar-refractivity contribution < 1.29 is 44.0 Å². The molecule has 17 unspecified atom stereocenters. The van der Waals surface area contributed by atoms with Crippen molar-refractivity contribution in [3.8, 4) is 11.8 Å². The molecule has 1 saturated heterocycles. The van der Waals surface area contributed by atoms with Crippen LogP contribution in [-0.4, -0.2) is 93.2 Å². The number of carbonyl (C=O) groups excluding carboxylic acids is 4. The van der Waals surface area contributed by atoms with E-state index in [1.807, 2.05) is 29.0 Å². The van der Waals surface area contributed by atoms with Gasteiger partial charge in [-0.1, -0.05) is 109 Å². The van der Waals surface area contributed by atoms with E-state index in [4.69, 9.17) is 9.47 Å². The maximum Gasteiger partial charge on any atom is 0.340 e. The second kappa shape index (κ2) is 25.1. The van der Waals surface area contributed by atoms with E-state index in [2.05, 4.69) is 71.2 Å². The third kappa shape index (κ3) is 11.2. The molecule has 15 rings (SSSR count). The summed E-state index contributed by atoms with van der Waals surface area (Å²) in [6.45, 7) is 2.89. The van der Waals surface area contributed by atoms with Crippen LogP contribution in [0.2, 0.25) is 0 Å². The molecule has 6 N–H and O–H groups in total. The van der Waals surface area contributed by atoms with E-state index in [0.717, 1.165) is 124 Å². The van der Waals surface area contributed by atoms with Gasteiger partial charge in [-0.25, -0.2) is 9.59 Å². The van der Waals surface area contributed by atoms with Gasteiger partial charge < -0.3 is 35.4 Å². The van der Waals surface area contributed by atoms with Crippen LogP contribution in [0.25, 0.3) is 0 Å². The summed E-state index contributed by atoms with van der Waals surface area (Å²) in [4.78, 5) is 59.7. The van der Waals surface area contributed by atoms with Crippen LogP contribution in [0.15, 0.2) is 112 Å². The number of nitrogens with one attached hydrogen (secondary N) is 3. The molecule has 1 spiro atoms. The van der Waals surface area contributed by atoms with Crippen LogP contribution in [0.4, 0.5) is 0 Å². The quantitative estimate of drug-likeness (QED) is 0.0532. The number of benzene rings is 1. The molecule has 2 amide bonds. The predicted molar refractivity (Wildman–Crippen MR) is 337 cm³/mol. The summed E-state index contributed by atoms with van der Waals surface area (Å²) < 4.78 is 13.5. The number of carbonyl (C=O) groups is 4. The molecule has 87 heavy (non-hydrogen) atoms. The Kier molecular flexibility index (Phi) is 17.3. The topological polar surface area (TPSA) is 187 Å². The fraction of sp³-hybridized carbons (Fsp3) is 0.639. The summed E-state index contributed by atoms with van der Waals surface area (Å²) in [5.74, 6) is 8.90. The molecule has 14 aliphatic rings. The van der Waals surface area contributed by atoms with Gasteiger partial charge in [0.1, 0.15) is 11.5 Å². The van der Waals surface area contributed by atoms with Gasteiger partial charge in [0.05, 0.1) is 40.3 Å². The molecule has 1 aromatic rings. The molecule has 9 bridgehead atoms. The highest BCUT2D eigenvalue weighted by Crippen LogP contribution is 2.72. The molecule has 1 aromatic carbocycles. The number of amides is 2. The van der Waals surface area contributed by atoms with Crippen LogP contribution < -0.4 is 16.0 Å². The van der Waals surface area contributed by atoms with E-state index in [0.29, 0.717) is 85.4 Å². The van der Waals surface area contributed by atoms with Crippen LogP contribution in [-0.2, 0) is 35.1 Å². The normalized spacial score (nSPS) is 38.9. The third-order valence-electron chi connectivity index (χ3n) is 24.2. The van der Waals surface area contributed by atoms with Crippen LogP contribution in [0.3, 0.4) is 0 Å². The number of ether oxygens (including phenoxy) is 2. The average Bonchev–Trinajstić information content (AvgIpc) is 1.61. The van der Waals surface area contributed by atoms with Crippen molar-refractivity contribution in [1.82, 2.24) is 20.9 Å². The Morgan fingerprint density at radius 2 is 1.68 bits per heavy atom. The number of dihydropyridines is 1. The lowest BCUT2D eigenvalue weighted by Crippen LogP contribution is -2.55. The Hall–Kier alpha value is -4.82. The van der Waals surface area contributed by atoms with Crippen LogP contribution in [0, 0.1) is 93.7 Å². The van der Waals surface area contributed by atoms with Crippen molar-refractivity contribution in [1.29, 1.82) is 0 Å². The van der Waals surface area contributed by atoms with Crippen LogP contribution in [0.5, 0.6) is 0 Å². The number of nitrogens with zero attached hydrogens (tertiary/aromatic N) is 1. The minimum absolute atomic E-state index is 0.0148. The maximum atomic E-state index is 15.8. The van der Waals surface area contributed by atoms with E-state index >= 15 is 9.59 Å². The zero-order valence-corrected chi connectivity index (χ0v) is 52.4. The second-order valence-corrected chi connectivity index (χ2v) is 31.0. The molecule has 9 aliphatic carbocycles. The smallest absolute Gasteiger partial charge is 0.340 e. The number of rotatable bonds is 11. The molecule has 6 fully saturated rings. The molecule has 15 heteroatoms. The number of fused-ring (bicyclic) bond motifs is 5. The largest absolute Gasteiger partial charge is 0.427 e. The Balaban J connectivity index is 0.909. The number of esters is 2. The molecular formula is C72H90N4O9S2. The first-order valence-electron chi connectivity index (χ1n) is 33.7. The number of cyclic esters (lactones) is 1. The van der Waals surface area contributed by atoms with Gasteiger partial charge in [0.25, 0.3) is 11.8 Å². The minimum Gasteiger partial charge on any atom is -0.427 e. The molecule has 17 atom stereocenters. The fourth-order valence-corrected chi connectivity index (χ4v) is 22.5. The van der Waals surface area contributed by atoms with Crippen LogP contribution >= 0.6 is 21.6 Å². The maximum absolute atomic E-state index is 15.8. The highest BCUT2D eigenvalue weighted by Gasteiger charge is 2.69. The first-order valence-corrected chi connectivity index (χ1v) is 36.1. The van der Waals surface area contributed by atoms with Gasteiger partial charge in [-0.05, 0) is 196 Å². The summed E-state index contributed by atoms with van der Waals surface area (Å²) in [6, 6.07) is 10.0. The zero-order valence-electron chi connectivity index (χ0n) is 50.7. The Labute approximate surface area is 522 Å². The number of aliphatic hydroxyl groups excluding tert-OH is 3. The van der Waals surface area contributed by atoms with Crippen molar-refractivity contribution in [2.45, 2.75) is 178 Å². The lowest BCUT2D eigenvalue weighted by atomic mass is 9.43. The molecular weight excluding hydrogens is 1130 g/mol. The lowest BCUT2D eigenvalue weighted by Gasteiger charge is -2.57. The van der Waals surface area contributed by atoms with E-state index in [9.17, 15) is 24.9 Å². The predicted octanol–water partition coefficient (Wildman–Crippen LogP) is 11.0. The molecule has 0 aromatic heterocycles. The summed E-state index contributed by atoms with van der Waals surface area (Å²) >= 11 is 0. The van der Waals surface area contributed by atoms with E-state index < -0.39 is 29.5 Å². The second-order valence-electron chi connectivity index (χ2n) is 28.5. The number of allylic oxidation sites excluding steroid dienone is 5. The zero-order chi connectivity index (χ0) is 59.6. The Bertz CT molecular complexity index is 3150. The van der Waals surface area contributed by atoms with Gasteiger partial charge in [0.2, 0.25) is 0 Å². The molecule has 5 heterocycles.